The summed E-state index contributed by atoms with van der Waals surface area (Å²) in [5.41, 5.74) is 8.12. The fourth-order valence-electron chi connectivity index (χ4n) is 8.20. The number of aromatic amines is 1. The van der Waals surface area contributed by atoms with Crippen molar-refractivity contribution < 1.29 is 59.1 Å². The first-order valence-electron chi connectivity index (χ1n) is 23.9. The van der Waals surface area contributed by atoms with Gasteiger partial charge in [0.25, 0.3) is 5.56 Å². The molecular formula is C48H62N12O13S. The number of aromatic nitrogens is 4. The van der Waals surface area contributed by atoms with E-state index in [1.165, 1.54) is 6.20 Å². The molecule has 11 N–H and O–H groups in total. The lowest BCUT2D eigenvalue weighted by Crippen LogP contribution is -2.51. The van der Waals surface area contributed by atoms with Crippen molar-refractivity contribution in [1.82, 2.24) is 44.9 Å². The van der Waals surface area contributed by atoms with E-state index in [1.807, 2.05) is 12.1 Å². The van der Waals surface area contributed by atoms with Gasteiger partial charge in [0.2, 0.25) is 11.9 Å². The number of carboxylic acid groups (broad SMARTS) is 5. The number of carbonyl (C=O) groups excluding carboxylic acids is 2. The lowest BCUT2D eigenvalue weighted by atomic mass is 9.94. The number of aliphatic carboxylic acids is 5. The first kappa shape index (κ1) is 57.4. The summed E-state index contributed by atoms with van der Waals surface area (Å²) in [5.74, 6) is -7.42. The van der Waals surface area contributed by atoms with Gasteiger partial charge in [0.1, 0.15) is 6.04 Å². The van der Waals surface area contributed by atoms with E-state index in [0.717, 1.165) is 5.56 Å². The van der Waals surface area contributed by atoms with E-state index in [9.17, 15) is 63.9 Å². The third kappa shape index (κ3) is 19.5. The summed E-state index contributed by atoms with van der Waals surface area (Å²) in [5, 5.41) is 57.8. The maximum Gasteiger partial charge on any atom is 0.320 e. The molecule has 398 valence electrons. The predicted octanol–water partition coefficient (Wildman–Crippen LogP) is 1.16. The Morgan fingerprint density at radius 2 is 1.28 bits per heavy atom. The van der Waals surface area contributed by atoms with Crippen LogP contribution in [-0.4, -0.2) is 196 Å². The molecule has 74 heavy (non-hydrogen) atoms. The van der Waals surface area contributed by atoms with Gasteiger partial charge in [-0.1, -0.05) is 24.4 Å². The van der Waals surface area contributed by atoms with E-state index in [1.54, 1.807) is 56.0 Å². The van der Waals surface area contributed by atoms with Crippen molar-refractivity contribution in [2.24, 2.45) is 5.92 Å². The first-order chi connectivity index (χ1) is 35.3. The molecule has 0 saturated carbocycles. The molecule has 0 spiro atoms. The first-order valence-corrected chi connectivity index (χ1v) is 24.3. The molecule has 3 heterocycles. The van der Waals surface area contributed by atoms with Gasteiger partial charge in [0.05, 0.1) is 49.0 Å². The number of nitrogen functional groups attached to an aromatic ring is 1. The summed E-state index contributed by atoms with van der Waals surface area (Å²) >= 11 is 5.52. The van der Waals surface area contributed by atoms with E-state index >= 15 is 0 Å². The van der Waals surface area contributed by atoms with E-state index in [2.05, 4.69) is 35.9 Å². The number of hydrogen-bond acceptors (Lipinski definition) is 18. The molecule has 1 fully saturated rings. The zero-order valence-corrected chi connectivity index (χ0v) is 41.4. The second-order valence-corrected chi connectivity index (χ2v) is 18.2. The molecule has 1 unspecified atom stereocenters. The monoisotopic (exact) mass is 1050 g/mol. The number of hydrogen-bond donors (Lipinski definition) is 10. The molecule has 25 nitrogen and oxygen atoms in total. The van der Waals surface area contributed by atoms with Crippen LogP contribution in [0, 0.1) is 5.92 Å². The predicted molar refractivity (Wildman–Crippen MR) is 274 cm³/mol. The maximum absolute atomic E-state index is 13.0. The number of ketones is 1. The summed E-state index contributed by atoms with van der Waals surface area (Å²) in [6, 6.07) is 12.7. The third-order valence-electron chi connectivity index (χ3n) is 12.2. The van der Waals surface area contributed by atoms with Crippen molar-refractivity contribution in [2.45, 2.75) is 57.5 Å². The van der Waals surface area contributed by atoms with Gasteiger partial charge >= 0.3 is 29.8 Å². The number of nitrogens with two attached hydrogens (primary N) is 1. The molecule has 1 aliphatic heterocycles. The number of aryl methyl sites for hydroxylation is 1. The highest BCUT2D eigenvalue weighted by Gasteiger charge is 2.28. The van der Waals surface area contributed by atoms with Gasteiger partial charge in [-0.3, -0.25) is 62.9 Å². The minimum absolute atomic E-state index is 0.0396. The lowest BCUT2D eigenvalue weighted by molar-refractivity contribution is -0.145. The highest BCUT2D eigenvalue weighted by Crippen LogP contribution is 2.20. The average molecular weight is 1050 g/mol. The van der Waals surface area contributed by atoms with Crippen molar-refractivity contribution in [3.63, 3.8) is 0 Å². The number of fused-ring (bicyclic) bond motifs is 1. The number of H-pyrrole nitrogens is 1. The van der Waals surface area contributed by atoms with Gasteiger partial charge in [-0.2, -0.15) is 4.98 Å². The van der Waals surface area contributed by atoms with Crippen LogP contribution in [0.2, 0.25) is 0 Å². The largest absolute Gasteiger partial charge is 0.481 e. The summed E-state index contributed by atoms with van der Waals surface area (Å²) in [7, 11) is 0. The van der Waals surface area contributed by atoms with E-state index in [-0.39, 0.29) is 134 Å². The van der Waals surface area contributed by atoms with Crippen LogP contribution < -0.4 is 27.2 Å². The Bertz CT molecular complexity index is 2640. The van der Waals surface area contributed by atoms with Crippen molar-refractivity contribution in [2.75, 3.05) is 94.9 Å². The third-order valence-corrected chi connectivity index (χ3v) is 12.5. The molecule has 1 saturated heterocycles. The van der Waals surface area contributed by atoms with Gasteiger partial charge in [0, 0.05) is 88.7 Å². The molecule has 26 heteroatoms. The molecule has 1 aliphatic rings. The Morgan fingerprint density at radius 1 is 0.716 bits per heavy atom. The number of benzene rings is 2. The molecule has 2 atom stereocenters. The van der Waals surface area contributed by atoms with E-state index < -0.39 is 53.1 Å². The lowest BCUT2D eigenvalue weighted by Gasteiger charge is -2.35. The van der Waals surface area contributed by atoms with Crippen LogP contribution in [0.15, 0.2) is 59.5 Å². The van der Waals surface area contributed by atoms with Crippen LogP contribution in [0.4, 0.5) is 17.3 Å². The fourth-order valence-corrected chi connectivity index (χ4v) is 8.47. The SMILES string of the molecule is Nc1nc2ncc(CNc3ccc(C(=O)C[C@@H](CCC(=O)NCCCC(=S)Nc4ccc(CCC(C(=O)O)N5CCN(CC(=O)O)CCN(CC(=O)O)CCN(CC(=O)O)CC5)cc4)C(=O)O)cc3)nc2c(=O)[nH]1. The van der Waals surface area contributed by atoms with Crippen molar-refractivity contribution in [3.8, 4) is 0 Å². The van der Waals surface area contributed by atoms with Gasteiger partial charge in [-0.15, -0.1) is 0 Å². The van der Waals surface area contributed by atoms with Crippen molar-refractivity contribution in [3.05, 3.63) is 81.9 Å². The number of thiocarbonyl (C=S) groups is 1. The zero-order chi connectivity index (χ0) is 53.7. The fraction of sp³-hybridized carbons (Fsp3) is 0.458. The second-order valence-electron chi connectivity index (χ2n) is 17.8. The molecule has 2 aromatic carbocycles. The number of rotatable bonds is 26. The molecule has 0 radical (unpaired) electrons. The van der Waals surface area contributed by atoms with Crippen LogP contribution in [-0.2, 0) is 41.7 Å². The molecule has 0 aliphatic carbocycles. The Labute approximate surface area is 430 Å². The molecular weight excluding hydrogens is 985 g/mol. The summed E-state index contributed by atoms with van der Waals surface area (Å²) in [6.45, 7) is 1.13. The van der Waals surface area contributed by atoms with Gasteiger partial charge in [-0.25, -0.2) is 9.97 Å². The molecule has 0 bridgehead atoms. The number of Topliss-reactive ketones (excluding diaryl/α,β-unsaturated/α-hetero) is 1. The van der Waals surface area contributed by atoms with Crippen LogP contribution >= 0.6 is 12.2 Å². The van der Waals surface area contributed by atoms with Gasteiger partial charge in [0.15, 0.2) is 16.9 Å². The second kappa shape index (κ2) is 28.7. The Balaban J connectivity index is 1.03. The number of nitrogens with one attached hydrogen (secondary N) is 4. The maximum atomic E-state index is 13.0. The highest BCUT2D eigenvalue weighted by atomic mass is 32.1. The zero-order valence-electron chi connectivity index (χ0n) is 40.6. The Morgan fingerprint density at radius 3 is 1.84 bits per heavy atom. The van der Waals surface area contributed by atoms with Crippen LogP contribution in [0.25, 0.3) is 11.2 Å². The quantitative estimate of drug-likeness (QED) is 0.0240. The molecule has 5 rings (SSSR count). The van der Waals surface area contributed by atoms with Crippen molar-refractivity contribution in [1.29, 1.82) is 0 Å². The van der Waals surface area contributed by atoms with E-state index in [0.29, 0.717) is 46.9 Å². The standard InChI is InChI=1S/C48H62N12O13S/c49-48-55-44-43(45(69)56-48)54-35(26-52-44)25-51-33-11-6-31(7-12-33)37(61)24-32(46(70)71)8-14-38(62)50-15-1-2-39(74)53-34-9-3-30(4-10-34)5-13-36(47(72)73)60-22-20-58(28-41(65)66)18-16-57(27-40(63)64)17-19-59(21-23-60)29-42(67)68/h3-4,6-7,9-12,26,32,36,51H,1-2,5,8,13-25,27-29H2,(H,50,62)(H,53,74)(H,63,64)(H,65,66)(H,67,68)(H,70,71)(H,72,73)(H3,49,52,55,56,69)/t32-,36?/m1/s1. The Hall–Kier alpha value is -7.52. The minimum atomic E-state index is -1.19. The van der Waals surface area contributed by atoms with E-state index in [4.69, 9.17) is 18.0 Å². The van der Waals surface area contributed by atoms with Gasteiger partial charge in [-0.05, 0) is 74.1 Å². The molecule has 2 aromatic heterocycles. The number of anilines is 3. The Kier molecular flexibility index (Phi) is 22.2. The molecule has 1 amide bonds. The number of amides is 1. The van der Waals surface area contributed by atoms with Crippen molar-refractivity contribution >= 4 is 87.2 Å². The van der Waals surface area contributed by atoms with Crippen LogP contribution in [0.1, 0.15) is 60.1 Å². The average Bonchev–Trinajstić information content (AvgIpc) is 3.34. The summed E-state index contributed by atoms with van der Waals surface area (Å²) in [4.78, 5) is 119. The normalized spacial score (nSPS) is 15.2. The summed E-state index contributed by atoms with van der Waals surface area (Å²) in [6.07, 6.45) is 2.50. The smallest absolute Gasteiger partial charge is 0.320 e. The van der Waals surface area contributed by atoms with Gasteiger partial charge < -0.3 is 47.2 Å². The number of carboxylic acids is 5. The topological polar surface area (TPSA) is 367 Å². The molecule has 4 aromatic rings. The minimum Gasteiger partial charge on any atom is -0.481 e. The number of carbonyl (C=O) groups is 7. The summed E-state index contributed by atoms with van der Waals surface area (Å²) < 4.78 is 0. The van der Waals surface area contributed by atoms with Crippen LogP contribution in [0.5, 0.6) is 0 Å². The van der Waals surface area contributed by atoms with Crippen LogP contribution in [0.3, 0.4) is 0 Å². The number of nitrogens with zero attached hydrogens (tertiary/aromatic N) is 7. The highest BCUT2D eigenvalue weighted by molar-refractivity contribution is 7.80.